The van der Waals surface area contributed by atoms with Crippen molar-refractivity contribution in [2.75, 3.05) is 19.8 Å². The van der Waals surface area contributed by atoms with Crippen molar-refractivity contribution in [2.45, 2.75) is 25.3 Å². The van der Waals surface area contributed by atoms with Gasteiger partial charge in [0.2, 0.25) is 5.69 Å². The molecule has 150 valence electrons. The summed E-state index contributed by atoms with van der Waals surface area (Å²) in [4.78, 5) is 16.0. The van der Waals surface area contributed by atoms with Gasteiger partial charge in [0.1, 0.15) is 5.82 Å². The first-order valence-corrected chi connectivity index (χ1v) is 8.60. The lowest BCUT2D eigenvalue weighted by Gasteiger charge is -2.28. The summed E-state index contributed by atoms with van der Waals surface area (Å²) >= 11 is 0. The summed E-state index contributed by atoms with van der Waals surface area (Å²) in [7, 11) is 0. The molecule has 0 fully saturated rings. The zero-order valence-corrected chi connectivity index (χ0v) is 15.1. The Labute approximate surface area is 159 Å². The number of hydrogen-bond donors (Lipinski definition) is 4. The fourth-order valence-electron chi connectivity index (χ4n) is 2.82. The highest BCUT2D eigenvalue weighted by atomic mass is 19.1. The molecule has 1 aliphatic rings. The van der Waals surface area contributed by atoms with E-state index in [1.807, 2.05) is 5.48 Å². The number of nitrogens with one attached hydrogen (secondary N) is 2. The van der Waals surface area contributed by atoms with Crippen molar-refractivity contribution in [1.29, 1.82) is 0 Å². The minimum atomic E-state index is -0.473. The van der Waals surface area contributed by atoms with Crippen LogP contribution in [0.2, 0.25) is 0 Å². The van der Waals surface area contributed by atoms with Crippen LogP contribution in [0.4, 0.5) is 4.39 Å². The number of hydrogen-bond acceptors (Lipinski definition) is 8. The van der Waals surface area contributed by atoms with E-state index in [-0.39, 0.29) is 48.9 Å². The fraction of sp³-hybridized carbons (Fsp3) is 0.412. The number of ether oxygens (including phenoxy) is 1. The normalized spacial score (nSPS) is 16.7. The number of aliphatic hydroxyl groups is 1. The van der Waals surface area contributed by atoms with Crippen LogP contribution in [0, 0.1) is 5.82 Å². The van der Waals surface area contributed by atoms with Crippen molar-refractivity contribution in [3.05, 3.63) is 40.8 Å². The third kappa shape index (κ3) is 4.43. The molecule has 10 nitrogen and oxygen atoms in total. The van der Waals surface area contributed by atoms with Crippen LogP contribution in [-0.4, -0.2) is 58.2 Å². The Balaban J connectivity index is 1.63. The minimum Gasteiger partial charge on any atom is -0.464 e. The fourth-order valence-corrected chi connectivity index (χ4v) is 2.82. The van der Waals surface area contributed by atoms with Gasteiger partial charge in [0.25, 0.3) is 11.8 Å². The average Bonchev–Trinajstić information content (AvgIpc) is 3.13. The third-order valence-corrected chi connectivity index (χ3v) is 4.29. The summed E-state index contributed by atoms with van der Waals surface area (Å²) in [5.74, 6) is -0.946. The zero-order chi connectivity index (χ0) is 20.1. The lowest BCUT2D eigenvalue weighted by atomic mass is 9.77. The summed E-state index contributed by atoms with van der Waals surface area (Å²) < 4.78 is 23.2. The van der Waals surface area contributed by atoms with Gasteiger partial charge in [0.05, 0.1) is 6.61 Å². The third-order valence-electron chi connectivity index (χ3n) is 4.29. The molecule has 28 heavy (non-hydrogen) atoms. The second-order valence-corrected chi connectivity index (χ2v) is 6.40. The van der Waals surface area contributed by atoms with Gasteiger partial charge in [-0.1, -0.05) is 6.07 Å². The minimum absolute atomic E-state index is 0.00991. The molecular formula is C17H20FN5O5. The Kier molecular flexibility index (Phi) is 6.16. The van der Waals surface area contributed by atoms with Crippen molar-refractivity contribution in [1.82, 2.24) is 21.1 Å². The largest absolute Gasteiger partial charge is 0.464 e. The van der Waals surface area contributed by atoms with Crippen LogP contribution in [0.3, 0.4) is 0 Å². The Morgan fingerprint density at radius 3 is 3.07 bits per heavy atom. The number of aliphatic hydroxyl groups excluding tert-OH is 1. The first-order chi connectivity index (χ1) is 13.5. The van der Waals surface area contributed by atoms with Crippen LogP contribution in [0.15, 0.2) is 27.8 Å². The number of fused-ring (bicyclic) bond motifs is 1. The Morgan fingerprint density at radius 2 is 2.32 bits per heavy atom. The van der Waals surface area contributed by atoms with Gasteiger partial charge in [-0.25, -0.2) is 9.02 Å². The quantitative estimate of drug-likeness (QED) is 0.282. The van der Waals surface area contributed by atoms with E-state index < -0.39 is 11.9 Å². The first kappa shape index (κ1) is 19.7. The number of amidine groups is 1. The molecule has 3 rings (SSSR count). The molecule has 0 bridgehead atoms. The zero-order valence-electron chi connectivity index (χ0n) is 15.1. The average molecular weight is 393 g/mol. The summed E-state index contributed by atoms with van der Waals surface area (Å²) in [6, 6.07) is 4.22. The van der Waals surface area contributed by atoms with Crippen molar-refractivity contribution < 1.29 is 28.9 Å². The molecule has 1 heterocycles. The summed E-state index contributed by atoms with van der Waals surface area (Å²) in [5, 5.41) is 28.0. The standard InChI is InChI=1S/C17H20FN5O5/c1-9(7-24)20-14(25)8-27-17-15(22-28-23-17)16(21-26)19-6-11-4-10-2-3-12(18)5-13(10)11/h2-3,5,9,11,24,26H,4,6-8H2,1H3,(H,19,21)(H,20,25)/t9-,11?/m1/s1. The molecule has 2 aromatic rings. The number of aromatic nitrogens is 2. The molecule has 1 unspecified atom stereocenters. The SMILES string of the molecule is C[C@H](CO)NC(=O)COc1nonc1C(=NCC1Cc2ccc(F)cc21)NO. The molecule has 0 saturated heterocycles. The molecule has 4 N–H and O–H groups in total. The monoisotopic (exact) mass is 393 g/mol. The van der Waals surface area contributed by atoms with Crippen LogP contribution in [0.25, 0.3) is 0 Å². The Morgan fingerprint density at radius 1 is 1.50 bits per heavy atom. The van der Waals surface area contributed by atoms with Gasteiger partial charge >= 0.3 is 0 Å². The summed E-state index contributed by atoms with van der Waals surface area (Å²) in [5.41, 5.74) is 3.85. The van der Waals surface area contributed by atoms with Gasteiger partial charge in [0.15, 0.2) is 12.4 Å². The van der Waals surface area contributed by atoms with E-state index in [1.165, 1.54) is 12.1 Å². The highest BCUT2D eigenvalue weighted by Gasteiger charge is 2.27. The molecule has 1 amide bonds. The number of benzene rings is 1. The van der Waals surface area contributed by atoms with E-state index >= 15 is 0 Å². The molecule has 0 spiro atoms. The van der Waals surface area contributed by atoms with Crippen LogP contribution >= 0.6 is 0 Å². The summed E-state index contributed by atoms with van der Waals surface area (Å²) in [6.45, 7) is 1.31. The van der Waals surface area contributed by atoms with Gasteiger partial charge in [-0.2, -0.15) is 0 Å². The highest BCUT2D eigenvalue weighted by molar-refractivity contribution is 5.98. The number of hydroxylamine groups is 1. The van der Waals surface area contributed by atoms with Crippen molar-refractivity contribution in [2.24, 2.45) is 4.99 Å². The molecular weight excluding hydrogens is 373 g/mol. The number of aliphatic imine (C=N–C) groups is 1. The smallest absolute Gasteiger partial charge is 0.287 e. The number of carbonyl (C=O) groups is 1. The lowest BCUT2D eigenvalue weighted by molar-refractivity contribution is -0.124. The maximum Gasteiger partial charge on any atom is 0.287 e. The van der Waals surface area contributed by atoms with Gasteiger partial charge < -0.3 is 15.2 Å². The van der Waals surface area contributed by atoms with Crippen LogP contribution in [0.5, 0.6) is 5.88 Å². The van der Waals surface area contributed by atoms with Gasteiger partial charge in [0, 0.05) is 18.5 Å². The summed E-state index contributed by atoms with van der Waals surface area (Å²) in [6.07, 6.45) is 0.751. The van der Waals surface area contributed by atoms with Crippen molar-refractivity contribution >= 4 is 11.7 Å². The molecule has 2 atom stereocenters. The second kappa shape index (κ2) is 8.76. The number of amides is 1. The molecule has 1 aromatic heterocycles. The maximum absolute atomic E-state index is 13.4. The van der Waals surface area contributed by atoms with E-state index in [9.17, 15) is 14.4 Å². The Bertz CT molecular complexity index is 871. The first-order valence-electron chi connectivity index (χ1n) is 8.60. The number of nitrogens with zero attached hydrogens (tertiary/aromatic N) is 3. The second-order valence-electron chi connectivity index (χ2n) is 6.40. The van der Waals surface area contributed by atoms with E-state index in [0.717, 1.165) is 17.5 Å². The molecule has 0 aliphatic heterocycles. The molecule has 1 aromatic carbocycles. The predicted octanol–water partition coefficient (Wildman–Crippen LogP) is 0.150. The van der Waals surface area contributed by atoms with E-state index in [1.54, 1.807) is 13.0 Å². The van der Waals surface area contributed by atoms with E-state index in [2.05, 4.69) is 25.3 Å². The van der Waals surface area contributed by atoms with Gasteiger partial charge in [-0.3, -0.25) is 20.5 Å². The Hall–Kier alpha value is -3.05. The number of rotatable bonds is 8. The van der Waals surface area contributed by atoms with Crippen molar-refractivity contribution in [3.8, 4) is 5.88 Å². The molecule has 0 saturated carbocycles. The maximum atomic E-state index is 13.4. The molecule has 11 heteroatoms. The van der Waals surface area contributed by atoms with Crippen LogP contribution in [0.1, 0.15) is 29.7 Å². The topological polar surface area (TPSA) is 142 Å². The highest BCUT2D eigenvalue weighted by Crippen LogP contribution is 2.35. The molecule has 1 aliphatic carbocycles. The number of carbonyl (C=O) groups excluding carboxylic acids is 1. The predicted molar refractivity (Wildman–Crippen MR) is 93.7 cm³/mol. The molecule has 0 radical (unpaired) electrons. The van der Waals surface area contributed by atoms with Crippen molar-refractivity contribution in [3.63, 3.8) is 0 Å². The van der Waals surface area contributed by atoms with Crippen LogP contribution in [-0.2, 0) is 11.2 Å². The van der Waals surface area contributed by atoms with Crippen LogP contribution < -0.4 is 15.5 Å². The lowest BCUT2D eigenvalue weighted by Crippen LogP contribution is -2.38. The van der Waals surface area contributed by atoms with E-state index in [0.29, 0.717) is 0 Å². The van der Waals surface area contributed by atoms with E-state index in [4.69, 9.17) is 9.84 Å². The van der Waals surface area contributed by atoms with Gasteiger partial charge in [-0.05, 0) is 46.9 Å². The van der Waals surface area contributed by atoms with Gasteiger partial charge in [-0.15, -0.1) is 0 Å². The number of halogens is 1.